The average Bonchev–Trinajstić information content (AvgIpc) is 2.80. The van der Waals surface area contributed by atoms with E-state index in [-0.39, 0.29) is 11.7 Å². The van der Waals surface area contributed by atoms with Crippen molar-refractivity contribution in [2.45, 2.75) is 0 Å². The highest BCUT2D eigenvalue weighted by Crippen LogP contribution is 2.28. The molecule has 1 heterocycles. The average molecular weight is 397 g/mol. The van der Waals surface area contributed by atoms with Crippen molar-refractivity contribution >= 4 is 23.0 Å². The lowest BCUT2D eigenvalue weighted by Crippen LogP contribution is -2.18. The van der Waals surface area contributed by atoms with Crippen molar-refractivity contribution < 1.29 is 14.6 Å². The maximum atomic E-state index is 12.9. The monoisotopic (exact) mass is 397 g/mol. The Kier molecular flexibility index (Phi) is 5.39. The molecule has 3 aromatic carbocycles. The molecule has 0 spiro atoms. The number of ether oxygens (including phenoxy) is 1. The van der Waals surface area contributed by atoms with Crippen LogP contribution in [0.15, 0.2) is 84.0 Å². The summed E-state index contributed by atoms with van der Waals surface area (Å²) in [5, 5.41) is 14.9. The summed E-state index contributed by atoms with van der Waals surface area (Å²) in [7, 11) is 1.47. The normalized spacial score (nSPS) is 11.0. The molecule has 0 saturated heterocycles. The van der Waals surface area contributed by atoms with Crippen LogP contribution in [0.1, 0.15) is 15.9 Å². The number of rotatable bonds is 5. The van der Waals surface area contributed by atoms with Gasteiger partial charge in [-0.3, -0.25) is 4.79 Å². The summed E-state index contributed by atoms with van der Waals surface area (Å²) in [6.07, 6.45) is 1.37. The molecule has 6 heteroatoms. The number of fused-ring (bicyclic) bond motifs is 1. The number of carbonyl (C=O) groups excluding carboxylic acids is 1. The number of benzene rings is 3. The Balaban J connectivity index is 1.66. The first-order valence-electron chi connectivity index (χ1n) is 9.32. The van der Waals surface area contributed by atoms with Crippen molar-refractivity contribution in [2.75, 3.05) is 7.11 Å². The van der Waals surface area contributed by atoms with Crippen LogP contribution in [-0.4, -0.2) is 29.3 Å². The molecule has 4 aromatic rings. The molecule has 1 amide bonds. The van der Waals surface area contributed by atoms with E-state index in [4.69, 9.17) is 4.74 Å². The number of hydrogen-bond acceptors (Lipinski definition) is 5. The molecule has 0 bridgehead atoms. The number of nitrogens with zero attached hydrogens (tertiary/aromatic N) is 2. The molecular formula is C24H19N3O3. The van der Waals surface area contributed by atoms with Crippen LogP contribution in [-0.2, 0) is 0 Å². The molecule has 4 rings (SSSR count). The van der Waals surface area contributed by atoms with Crippen LogP contribution in [0.2, 0.25) is 0 Å². The summed E-state index contributed by atoms with van der Waals surface area (Å²) in [6, 6.07) is 23.9. The maximum Gasteiger partial charge on any atom is 0.272 e. The fourth-order valence-corrected chi connectivity index (χ4v) is 3.15. The number of amides is 1. The summed E-state index contributed by atoms with van der Waals surface area (Å²) < 4.78 is 5.08. The van der Waals surface area contributed by atoms with Crippen molar-refractivity contribution in [1.29, 1.82) is 0 Å². The summed E-state index contributed by atoms with van der Waals surface area (Å²) in [6.45, 7) is 0. The second kappa shape index (κ2) is 8.45. The third-order valence-corrected chi connectivity index (χ3v) is 4.65. The van der Waals surface area contributed by atoms with Crippen molar-refractivity contribution in [1.82, 2.24) is 10.4 Å². The van der Waals surface area contributed by atoms with Gasteiger partial charge in [-0.1, -0.05) is 54.6 Å². The quantitative estimate of drug-likeness (QED) is 0.387. The minimum Gasteiger partial charge on any atom is -0.504 e. The van der Waals surface area contributed by atoms with Crippen LogP contribution >= 0.6 is 0 Å². The van der Waals surface area contributed by atoms with Gasteiger partial charge in [0, 0.05) is 16.5 Å². The van der Waals surface area contributed by atoms with Crippen LogP contribution in [0, 0.1) is 0 Å². The van der Waals surface area contributed by atoms with E-state index < -0.39 is 0 Å². The molecule has 0 radical (unpaired) electrons. The molecule has 6 nitrogen and oxygen atoms in total. The van der Waals surface area contributed by atoms with E-state index in [2.05, 4.69) is 15.5 Å². The van der Waals surface area contributed by atoms with Gasteiger partial charge in [0.1, 0.15) is 0 Å². The van der Waals surface area contributed by atoms with Gasteiger partial charge >= 0.3 is 0 Å². The molecule has 0 saturated carbocycles. The molecule has 0 unspecified atom stereocenters. The fraction of sp³-hybridized carbons (Fsp3) is 0.0417. The van der Waals surface area contributed by atoms with E-state index in [0.717, 1.165) is 16.5 Å². The van der Waals surface area contributed by atoms with Crippen molar-refractivity contribution in [2.24, 2.45) is 5.10 Å². The number of aromatic nitrogens is 1. The second-order valence-corrected chi connectivity index (χ2v) is 6.54. The number of methoxy groups -OCH3 is 1. The predicted octanol–water partition coefficient (Wildman–Crippen LogP) is 4.38. The second-order valence-electron chi connectivity index (χ2n) is 6.54. The SMILES string of the molecule is COc1cccc(/C=N/NC(=O)c2cc(-c3ccccc3)nc3ccccc23)c1O. The number of phenolic OH excluding ortho intramolecular Hbond substituents is 1. The highest BCUT2D eigenvalue weighted by molar-refractivity contribution is 6.07. The maximum absolute atomic E-state index is 12.9. The highest BCUT2D eigenvalue weighted by atomic mass is 16.5. The first-order valence-corrected chi connectivity index (χ1v) is 9.32. The van der Waals surface area contributed by atoms with E-state index in [1.54, 1.807) is 24.3 Å². The third kappa shape index (κ3) is 3.84. The minimum atomic E-state index is -0.371. The van der Waals surface area contributed by atoms with E-state index >= 15 is 0 Å². The Morgan fingerprint density at radius 1 is 1.03 bits per heavy atom. The number of hydrogen-bond donors (Lipinski definition) is 2. The zero-order chi connectivity index (χ0) is 20.9. The molecule has 148 valence electrons. The van der Waals surface area contributed by atoms with Gasteiger partial charge in [0.2, 0.25) is 0 Å². The Morgan fingerprint density at radius 3 is 2.60 bits per heavy atom. The van der Waals surface area contributed by atoms with Gasteiger partial charge in [0.15, 0.2) is 11.5 Å². The van der Waals surface area contributed by atoms with Gasteiger partial charge in [-0.2, -0.15) is 5.10 Å². The molecule has 0 aliphatic rings. The van der Waals surface area contributed by atoms with E-state index in [1.165, 1.54) is 13.3 Å². The van der Waals surface area contributed by atoms with Crippen LogP contribution < -0.4 is 10.2 Å². The summed E-state index contributed by atoms with van der Waals surface area (Å²) in [5.41, 5.74) is 5.77. The molecule has 0 atom stereocenters. The summed E-state index contributed by atoms with van der Waals surface area (Å²) in [4.78, 5) is 17.6. The number of aromatic hydroxyl groups is 1. The highest BCUT2D eigenvalue weighted by Gasteiger charge is 2.13. The number of nitrogens with one attached hydrogen (secondary N) is 1. The third-order valence-electron chi connectivity index (χ3n) is 4.65. The number of carbonyl (C=O) groups is 1. The zero-order valence-corrected chi connectivity index (χ0v) is 16.2. The van der Waals surface area contributed by atoms with Gasteiger partial charge in [-0.25, -0.2) is 10.4 Å². The molecule has 1 aromatic heterocycles. The number of pyridine rings is 1. The minimum absolute atomic E-state index is 0.0428. The van der Waals surface area contributed by atoms with Gasteiger partial charge in [0.25, 0.3) is 5.91 Å². The first kappa shape index (κ1) is 19.1. The number of phenols is 1. The number of hydrazone groups is 1. The van der Waals surface area contributed by atoms with Crippen LogP contribution in [0.3, 0.4) is 0 Å². The van der Waals surface area contributed by atoms with Gasteiger partial charge in [0.05, 0.1) is 30.1 Å². The Labute approximate surface area is 173 Å². The predicted molar refractivity (Wildman–Crippen MR) is 117 cm³/mol. The molecule has 0 aliphatic heterocycles. The van der Waals surface area contributed by atoms with Gasteiger partial charge in [-0.15, -0.1) is 0 Å². The molecule has 0 aliphatic carbocycles. The van der Waals surface area contributed by atoms with Crippen molar-refractivity contribution in [3.05, 3.63) is 90.0 Å². The lowest BCUT2D eigenvalue weighted by molar-refractivity contribution is 0.0956. The summed E-state index contributed by atoms with van der Waals surface area (Å²) >= 11 is 0. The fourth-order valence-electron chi connectivity index (χ4n) is 3.15. The molecule has 30 heavy (non-hydrogen) atoms. The van der Waals surface area contributed by atoms with Crippen LogP contribution in [0.4, 0.5) is 0 Å². The lowest BCUT2D eigenvalue weighted by Gasteiger charge is -2.09. The summed E-state index contributed by atoms with van der Waals surface area (Å²) in [5.74, 6) is -0.0824. The molecular weight excluding hydrogens is 378 g/mol. The topological polar surface area (TPSA) is 83.8 Å². The Bertz CT molecular complexity index is 1240. The molecule has 2 N–H and O–H groups in total. The Hall–Kier alpha value is -4.19. The molecule has 0 fully saturated rings. The first-order chi connectivity index (χ1) is 14.7. The standard InChI is InChI=1S/C24H19N3O3/c1-30-22-13-7-10-17(23(22)28)15-25-27-24(29)19-14-21(16-8-3-2-4-9-16)26-20-12-6-5-11-18(19)20/h2-15,28H,1H3,(H,27,29)/b25-15+. The number of para-hydroxylation sites is 2. The van der Waals surface area contributed by atoms with Gasteiger partial charge in [-0.05, 0) is 24.3 Å². The van der Waals surface area contributed by atoms with Crippen LogP contribution in [0.5, 0.6) is 11.5 Å². The van der Waals surface area contributed by atoms with E-state index in [0.29, 0.717) is 22.6 Å². The van der Waals surface area contributed by atoms with Crippen LogP contribution in [0.25, 0.3) is 22.2 Å². The lowest BCUT2D eigenvalue weighted by atomic mass is 10.0. The van der Waals surface area contributed by atoms with Crippen molar-refractivity contribution in [3.8, 4) is 22.8 Å². The van der Waals surface area contributed by atoms with E-state index in [9.17, 15) is 9.90 Å². The van der Waals surface area contributed by atoms with E-state index in [1.807, 2.05) is 54.6 Å². The zero-order valence-electron chi connectivity index (χ0n) is 16.2. The smallest absolute Gasteiger partial charge is 0.272 e. The largest absolute Gasteiger partial charge is 0.504 e. The van der Waals surface area contributed by atoms with Gasteiger partial charge < -0.3 is 9.84 Å². The van der Waals surface area contributed by atoms with Crippen molar-refractivity contribution in [3.63, 3.8) is 0 Å². The Morgan fingerprint density at radius 2 is 1.80 bits per heavy atom.